The minimum atomic E-state index is 0.858. The van der Waals surface area contributed by atoms with Crippen molar-refractivity contribution in [2.45, 2.75) is 73.1 Å². The molecule has 0 fully saturated rings. The SMILES string of the molecule is C=C(CCCCC(C)C(C)C(C)CC)NCCC. The molecule has 1 heteroatoms. The Morgan fingerprint density at radius 1 is 1.06 bits per heavy atom. The van der Waals surface area contributed by atoms with Gasteiger partial charge in [-0.15, -0.1) is 0 Å². The molecule has 0 radical (unpaired) electrons. The number of nitrogens with one attached hydrogen (secondary N) is 1. The zero-order chi connectivity index (χ0) is 14.0. The first-order valence-corrected chi connectivity index (χ1v) is 7.94. The van der Waals surface area contributed by atoms with Crippen molar-refractivity contribution in [1.29, 1.82) is 0 Å². The third-order valence-corrected chi connectivity index (χ3v) is 4.45. The van der Waals surface area contributed by atoms with Gasteiger partial charge in [-0.3, -0.25) is 0 Å². The highest BCUT2D eigenvalue weighted by molar-refractivity contribution is 4.90. The molecule has 0 aromatic carbocycles. The van der Waals surface area contributed by atoms with Gasteiger partial charge >= 0.3 is 0 Å². The molecule has 0 aliphatic rings. The van der Waals surface area contributed by atoms with Crippen LogP contribution in [-0.2, 0) is 0 Å². The highest BCUT2D eigenvalue weighted by Gasteiger charge is 2.17. The summed E-state index contributed by atoms with van der Waals surface area (Å²) in [4.78, 5) is 0. The maximum Gasteiger partial charge on any atom is 0.0141 e. The van der Waals surface area contributed by atoms with E-state index in [0.29, 0.717) is 0 Å². The average Bonchev–Trinajstić information content (AvgIpc) is 2.39. The molecule has 1 N–H and O–H groups in total. The lowest BCUT2D eigenvalue weighted by Crippen LogP contribution is -2.16. The summed E-state index contributed by atoms with van der Waals surface area (Å²) in [5.74, 6) is 2.58. The Kier molecular flexibility index (Phi) is 10.2. The largest absolute Gasteiger partial charge is 0.389 e. The highest BCUT2D eigenvalue weighted by atomic mass is 14.9. The third kappa shape index (κ3) is 7.79. The van der Waals surface area contributed by atoms with Crippen LogP contribution in [-0.4, -0.2) is 6.54 Å². The number of hydrogen-bond acceptors (Lipinski definition) is 1. The van der Waals surface area contributed by atoms with E-state index in [2.05, 4.69) is 46.5 Å². The lowest BCUT2D eigenvalue weighted by Gasteiger charge is -2.25. The van der Waals surface area contributed by atoms with Gasteiger partial charge in [0.1, 0.15) is 0 Å². The predicted octanol–water partition coefficient (Wildman–Crippen LogP) is 5.38. The molecule has 3 atom stereocenters. The molecule has 0 aliphatic carbocycles. The number of rotatable bonds is 11. The summed E-state index contributed by atoms with van der Waals surface area (Å²) < 4.78 is 0. The number of allylic oxidation sites excluding steroid dienone is 1. The second kappa shape index (κ2) is 10.5. The average molecular weight is 253 g/mol. The standard InChI is InChI=1S/C17H35N/c1-7-13-18-16(5)12-10-9-11-15(4)17(6)14(3)8-2/h14-15,17-18H,5,7-13H2,1-4,6H3. The van der Waals surface area contributed by atoms with Gasteiger partial charge in [-0.1, -0.05) is 60.5 Å². The van der Waals surface area contributed by atoms with Crippen LogP contribution in [0.4, 0.5) is 0 Å². The Morgan fingerprint density at radius 3 is 2.28 bits per heavy atom. The van der Waals surface area contributed by atoms with Gasteiger partial charge < -0.3 is 5.32 Å². The molecule has 0 saturated heterocycles. The van der Waals surface area contributed by atoms with Gasteiger partial charge in [0, 0.05) is 12.2 Å². The van der Waals surface area contributed by atoms with E-state index in [4.69, 9.17) is 0 Å². The Bertz CT molecular complexity index is 210. The topological polar surface area (TPSA) is 12.0 Å². The van der Waals surface area contributed by atoms with E-state index in [9.17, 15) is 0 Å². The van der Waals surface area contributed by atoms with E-state index < -0.39 is 0 Å². The first-order valence-electron chi connectivity index (χ1n) is 7.94. The molecule has 0 bridgehead atoms. The van der Waals surface area contributed by atoms with Crippen LogP contribution in [0.2, 0.25) is 0 Å². The van der Waals surface area contributed by atoms with E-state index >= 15 is 0 Å². The quantitative estimate of drug-likeness (QED) is 0.488. The van der Waals surface area contributed by atoms with Crippen molar-refractivity contribution in [1.82, 2.24) is 5.32 Å². The molecule has 1 nitrogen and oxygen atoms in total. The smallest absolute Gasteiger partial charge is 0.0141 e. The second-order valence-electron chi connectivity index (χ2n) is 6.00. The molecular formula is C17H35N. The van der Waals surface area contributed by atoms with Crippen molar-refractivity contribution in [3.8, 4) is 0 Å². The monoisotopic (exact) mass is 253 g/mol. The van der Waals surface area contributed by atoms with Gasteiger partial charge in [0.05, 0.1) is 0 Å². The van der Waals surface area contributed by atoms with Crippen LogP contribution in [0.5, 0.6) is 0 Å². The van der Waals surface area contributed by atoms with Crippen molar-refractivity contribution >= 4 is 0 Å². The van der Waals surface area contributed by atoms with Gasteiger partial charge in [0.2, 0.25) is 0 Å². The van der Waals surface area contributed by atoms with Crippen LogP contribution < -0.4 is 5.32 Å². The van der Waals surface area contributed by atoms with Crippen LogP contribution >= 0.6 is 0 Å². The van der Waals surface area contributed by atoms with E-state index in [1.807, 2.05) is 0 Å². The van der Waals surface area contributed by atoms with Crippen molar-refractivity contribution in [2.24, 2.45) is 17.8 Å². The van der Waals surface area contributed by atoms with Crippen molar-refractivity contribution in [2.75, 3.05) is 6.54 Å². The lowest BCUT2D eigenvalue weighted by atomic mass is 9.81. The molecule has 108 valence electrons. The Morgan fingerprint density at radius 2 is 1.72 bits per heavy atom. The molecule has 0 aliphatic heterocycles. The molecule has 18 heavy (non-hydrogen) atoms. The summed E-state index contributed by atoms with van der Waals surface area (Å²) in [6.45, 7) is 16.9. The Hall–Kier alpha value is -0.460. The van der Waals surface area contributed by atoms with Crippen LogP contribution in [0.15, 0.2) is 12.3 Å². The van der Waals surface area contributed by atoms with Gasteiger partial charge in [0.15, 0.2) is 0 Å². The number of hydrogen-bond donors (Lipinski definition) is 1. The van der Waals surface area contributed by atoms with Crippen molar-refractivity contribution in [3.63, 3.8) is 0 Å². The normalized spacial score (nSPS) is 16.1. The van der Waals surface area contributed by atoms with E-state index in [0.717, 1.165) is 30.7 Å². The Labute approximate surface area is 115 Å². The molecule has 0 saturated carbocycles. The highest BCUT2D eigenvalue weighted by Crippen LogP contribution is 2.27. The van der Waals surface area contributed by atoms with Crippen molar-refractivity contribution < 1.29 is 0 Å². The van der Waals surface area contributed by atoms with E-state index in [1.54, 1.807) is 0 Å². The maximum absolute atomic E-state index is 4.07. The van der Waals surface area contributed by atoms with Gasteiger partial charge in [-0.25, -0.2) is 0 Å². The minimum absolute atomic E-state index is 0.858. The molecule has 0 heterocycles. The summed E-state index contributed by atoms with van der Waals surface area (Å²) in [5.41, 5.74) is 1.22. The first kappa shape index (κ1) is 17.5. The van der Waals surface area contributed by atoms with E-state index in [-0.39, 0.29) is 0 Å². The summed E-state index contributed by atoms with van der Waals surface area (Å²) in [6.07, 6.45) is 7.63. The lowest BCUT2D eigenvalue weighted by molar-refractivity contribution is 0.255. The fourth-order valence-corrected chi connectivity index (χ4v) is 2.39. The van der Waals surface area contributed by atoms with Crippen LogP contribution in [0.25, 0.3) is 0 Å². The second-order valence-corrected chi connectivity index (χ2v) is 6.00. The van der Waals surface area contributed by atoms with Gasteiger partial charge in [-0.2, -0.15) is 0 Å². The minimum Gasteiger partial charge on any atom is -0.389 e. The molecule has 0 aromatic rings. The molecular weight excluding hydrogens is 218 g/mol. The maximum atomic E-state index is 4.07. The van der Waals surface area contributed by atoms with Gasteiger partial charge in [-0.05, 0) is 37.0 Å². The molecule has 0 spiro atoms. The molecule has 0 aromatic heterocycles. The first-order chi connectivity index (χ1) is 8.52. The van der Waals surface area contributed by atoms with Crippen LogP contribution in [0.3, 0.4) is 0 Å². The number of unbranched alkanes of at least 4 members (excludes halogenated alkanes) is 1. The summed E-state index contributed by atoms with van der Waals surface area (Å²) in [7, 11) is 0. The van der Waals surface area contributed by atoms with Crippen LogP contribution in [0, 0.1) is 17.8 Å². The van der Waals surface area contributed by atoms with Crippen LogP contribution in [0.1, 0.15) is 73.1 Å². The summed E-state index contributed by atoms with van der Waals surface area (Å²) in [5, 5.41) is 3.38. The predicted molar refractivity (Wildman–Crippen MR) is 83.7 cm³/mol. The molecule has 3 unspecified atom stereocenters. The molecule has 0 rings (SSSR count). The summed E-state index contributed by atoms with van der Waals surface area (Å²) in [6, 6.07) is 0. The fraction of sp³-hybridized carbons (Fsp3) is 0.882. The van der Waals surface area contributed by atoms with Gasteiger partial charge in [0.25, 0.3) is 0 Å². The Balaban J connectivity index is 3.62. The zero-order valence-electron chi connectivity index (χ0n) is 13.4. The molecule has 0 amide bonds. The third-order valence-electron chi connectivity index (χ3n) is 4.45. The fourth-order valence-electron chi connectivity index (χ4n) is 2.39. The summed E-state index contributed by atoms with van der Waals surface area (Å²) >= 11 is 0. The van der Waals surface area contributed by atoms with E-state index in [1.165, 1.54) is 37.8 Å². The van der Waals surface area contributed by atoms with Crippen molar-refractivity contribution in [3.05, 3.63) is 12.3 Å². The zero-order valence-corrected chi connectivity index (χ0v) is 13.4.